The smallest absolute Gasteiger partial charge is 0.241 e. The van der Waals surface area contributed by atoms with Crippen LogP contribution in [-0.4, -0.2) is 41.8 Å². The minimum absolute atomic E-state index is 0. The fraction of sp³-hybridized carbons (Fsp3) is 0.600. The molecule has 8 heteroatoms. The molecular formula is C15H24BrClN2O3S. The largest absolute Gasteiger partial charge is 0.384 e. The number of ether oxygens (including phenoxy) is 1. The number of piperidine rings is 1. The SMILES string of the molecule is COCC1(CNS(=O)(=O)c2cc(C)ccc2Br)CCNCC1.Cl. The van der Waals surface area contributed by atoms with Crippen LogP contribution in [0.4, 0.5) is 0 Å². The molecule has 1 aliphatic rings. The number of aryl methyl sites for hydroxylation is 1. The summed E-state index contributed by atoms with van der Waals surface area (Å²) in [4.78, 5) is 0.286. The molecule has 0 atom stereocenters. The Kier molecular flexibility index (Phi) is 7.97. The van der Waals surface area contributed by atoms with Gasteiger partial charge in [0.1, 0.15) is 0 Å². The molecule has 2 N–H and O–H groups in total. The molecule has 5 nitrogen and oxygen atoms in total. The van der Waals surface area contributed by atoms with Crippen molar-refractivity contribution in [2.75, 3.05) is 33.4 Å². The molecule has 1 heterocycles. The van der Waals surface area contributed by atoms with Crippen LogP contribution >= 0.6 is 28.3 Å². The molecule has 0 aromatic heterocycles. The Balaban J connectivity index is 0.00000264. The summed E-state index contributed by atoms with van der Waals surface area (Å²) in [6.07, 6.45) is 1.80. The lowest BCUT2D eigenvalue weighted by Crippen LogP contribution is -2.47. The van der Waals surface area contributed by atoms with Gasteiger partial charge in [0.05, 0.1) is 11.5 Å². The number of methoxy groups -OCH3 is 1. The van der Waals surface area contributed by atoms with Gasteiger partial charge >= 0.3 is 0 Å². The molecule has 23 heavy (non-hydrogen) atoms. The van der Waals surface area contributed by atoms with Crippen LogP contribution in [0.2, 0.25) is 0 Å². The summed E-state index contributed by atoms with van der Waals surface area (Å²) in [6, 6.07) is 5.32. The van der Waals surface area contributed by atoms with Gasteiger partial charge in [0.15, 0.2) is 0 Å². The molecule has 0 amide bonds. The number of nitrogens with one attached hydrogen (secondary N) is 2. The van der Waals surface area contributed by atoms with Crippen molar-refractivity contribution in [1.82, 2.24) is 10.0 Å². The Bertz CT molecular complexity index is 614. The highest BCUT2D eigenvalue weighted by Gasteiger charge is 2.33. The predicted octanol–water partition coefficient (Wildman–Crippen LogP) is 2.47. The molecule has 0 spiro atoms. The third-order valence-electron chi connectivity index (χ3n) is 4.13. The van der Waals surface area contributed by atoms with E-state index in [-0.39, 0.29) is 22.7 Å². The molecule has 1 aliphatic heterocycles. The van der Waals surface area contributed by atoms with Crippen molar-refractivity contribution in [3.8, 4) is 0 Å². The van der Waals surface area contributed by atoms with Gasteiger partial charge in [0, 0.05) is 23.5 Å². The number of hydrogen-bond acceptors (Lipinski definition) is 4. The van der Waals surface area contributed by atoms with Crippen molar-refractivity contribution in [3.05, 3.63) is 28.2 Å². The van der Waals surface area contributed by atoms with E-state index < -0.39 is 10.0 Å². The van der Waals surface area contributed by atoms with Gasteiger partial charge in [-0.3, -0.25) is 0 Å². The first kappa shape index (κ1) is 20.9. The third-order valence-corrected chi connectivity index (χ3v) is 6.52. The van der Waals surface area contributed by atoms with E-state index in [1.165, 1.54) is 0 Å². The number of sulfonamides is 1. The lowest BCUT2D eigenvalue weighted by molar-refractivity contribution is 0.0577. The Morgan fingerprint density at radius 3 is 2.61 bits per heavy atom. The fourth-order valence-corrected chi connectivity index (χ4v) is 4.98. The first-order valence-corrected chi connectivity index (χ1v) is 9.62. The standard InChI is InChI=1S/C15H23BrN2O3S.ClH/c1-12-3-4-13(16)14(9-12)22(19,20)18-10-15(11-21-2)5-7-17-8-6-15;/h3-4,9,17-18H,5-8,10-11H2,1-2H3;1H. The van der Waals surface area contributed by atoms with Crippen LogP contribution in [0.1, 0.15) is 18.4 Å². The van der Waals surface area contributed by atoms with Gasteiger partial charge in [-0.05, 0) is 66.5 Å². The lowest BCUT2D eigenvalue weighted by Gasteiger charge is -2.37. The van der Waals surface area contributed by atoms with Gasteiger partial charge in [0.25, 0.3) is 0 Å². The molecule has 1 fully saturated rings. The molecule has 0 bridgehead atoms. The Labute approximate surface area is 153 Å². The first-order valence-electron chi connectivity index (χ1n) is 7.34. The minimum Gasteiger partial charge on any atom is -0.384 e. The predicted molar refractivity (Wildman–Crippen MR) is 97.7 cm³/mol. The highest BCUT2D eigenvalue weighted by Crippen LogP contribution is 2.29. The molecule has 2 rings (SSSR count). The summed E-state index contributed by atoms with van der Waals surface area (Å²) in [5, 5.41) is 3.30. The lowest BCUT2D eigenvalue weighted by atomic mass is 9.80. The highest BCUT2D eigenvalue weighted by molar-refractivity contribution is 9.10. The molecule has 0 radical (unpaired) electrons. The van der Waals surface area contributed by atoms with E-state index in [1.54, 1.807) is 19.2 Å². The number of hydrogen-bond donors (Lipinski definition) is 2. The number of halogens is 2. The molecule has 0 saturated carbocycles. The molecule has 0 aliphatic carbocycles. The highest BCUT2D eigenvalue weighted by atomic mass is 79.9. The Hall–Kier alpha value is -0.180. The van der Waals surface area contributed by atoms with E-state index >= 15 is 0 Å². The van der Waals surface area contributed by atoms with Crippen LogP contribution in [0, 0.1) is 12.3 Å². The van der Waals surface area contributed by atoms with Gasteiger partial charge < -0.3 is 10.1 Å². The van der Waals surface area contributed by atoms with Crippen LogP contribution in [0.5, 0.6) is 0 Å². The maximum Gasteiger partial charge on any atom is 0.241 e. The summed E-state index contributed by atoms with van der Waals surface area (Å²) < 4.78 is 33.9. The van der Waals surface area contributed by atoms with E-state index in [0.717, 1.165) is 31.5 Å². The minimum atomic E-state index is -3.54. The Morgan fingerprint density at radius 2 is 2.00 bits per heavy atom. The van der Waals surface area contributed by atoms with Gasteiger partial charge in [-0.1, -0.05) is 6.07 Å². The molecule has 1 aromatic carbocycles. The van der Waals surface area contributed by atoms with Gasteiger partial charge in [-0.15, -0.1) is 12.4 Å². The maximum absolute atomic E-state index is 12.6. The molecule has 132 valence electrons. The van der Waals surface area contributed by atoms with Crippen LogP contribution in [-0.2, 0) is 14.8 Å². The van der Waals surface area contributed by atoms with Crippen molar-refractivity contribution in [3.63, 3.8) is 0 Å². The maximum atomic E-state index is 12.6. The van der Waals surface area contributed by atoms with E-state index in [0.29, 0.717) is 17.6 Å². The average molecular weight is 428 g/mol. The van der Waals surface area contributed by atoms with Crippen molar-refractivity contribution in [2.24, 2.45) is 5.41 Å². The van der Waals surface area contributed by atoms with Crippen molar-refractivity contribution >= 4 is 38.4 Å². The zero-order valence-corrected chi connectivity index (χ0v) is 16.6. The van der Waals surface area contributed by atoms with Gasteiger partial charge in [-0.25, -0.2) is 13.1 Å². The normalized spacial score (nSPS) is 17.5. The molecular weight excluding hydrogens is 404 g/mol. The topological polar surface area (TPSA) is 67.4 Å². The summed E-state index contributed by atoms with van der Waals surface area (Å²) >= 11 is 3.32. The van der Waals surface area contributed by atoms with Gasteiger partial charge in [0.2, 0.25) is 10.0 Å². The van der Waals surface area contributed by atoms with E-state index in [4.69, 9.17) is 4.74 Å². The first-order chi connectivity index (χ1) is 10.4. The fourth-order valence-electron chi connectivity index (χ4n) is 2.78. The second-order valence-corrected chi connectivity index (χ2v) is 8.53. The monoisotopic (exact) mass is 426 g/mol. The molecule has 0 unspecified atom stereocenters. The van der Waals surface area contributed by atoms with Crippen molar-refractivity contribution in [2.45, 2.75) is 24.7 Å². The van der Waals surface area contributed by atoms with Gasteiger partial charge in [-0.2, -0.15) is 0 Å². The number of benzene rings is 1. The number of rotatable bonds is 6. The summed E-state index contributed by atoms with van der Waals surface area (Å²) in [7, 11) is -1.88. The average Bonchev–Trinajstić information content (AvgIpc) is 2.49. The van der Waals surface area contributed by atoms with Crippen molar-refractivity contribution in [1.29, 1.82) is 0 Å². The Morgan fingerprint density at radius 1 is 1.35 bits per heavy atom. The molecule has 1 saturated heterocycles. The van der Waals surface area contributed by atoms with Crippen LogP contribution in [0.3, 0.4) is 0 Å². The quantitative estimate of drug-likeness (QED) is 0.732. The van der Waals surface area contributed by atoms with E-state index in [9.17, 15) is 8.42 Å². The van der Waals surface area contributed by atoms with Crippen LogP contribution in [0.15, 0.2) is 27.6 Å². The summed E-state index contributed by atoms with van der Waals surface area (Å²) in [5.41, 5.74) is 0.778. The summed E-state index contributed by atoms with van der Waals surface area (Å²) in [6.45, 7) is 4.61. The third kappa shape index (κ3) is 5.41. The molecule has 1 aromatic rings. The zero-order chi connectivity index (χ0) is 16.2. The second-order valence-electron chi connectivity index (χ2n) is 5.94. The summed E-state index contributed by atoms with van der Waals surface area (Å²) in [5.74, 6) is 0. The second kappa shape index (κ2) is 8.78. The van der Waals surface area contributed by atoms with Crippen LogP contribution < -0.4 is 10.0 Å². The van der Waals surface area contributed by atoms with E-state index in [2.05, 4.69) is 26.0 Å². The van der Waals surface area contributed by atoms with Crippen LogP contribution in [0.25, 0.3) is 0 Å². The van der Waals surface area contributed by atoms with Crippen molar-refractivity contribution < 1.29 is 13.2 Å². The zero-order valence-electron chi connectivity index (χ0n) is 13.4. The van der Waals surface area contributed by atoms with E-state index in [1.807, 2.05) is 13.0 Å².